The van der Waals surface area contributed by atoms with Crippen molar-refractivity contribution in [3.63, 3.8) is 0 Å². The van der Waals surface area contributed by atoms with Crippen LogP contribution in [0.25, 0.3) is 0 Å². The zero-order chi connectivity index (χ0) is 8.97. The fraction of sp³-hybridized carbons (Fsp3) is 0.455. The highest BCUT2D eigenvalue weighted by Gasteiger charge is 2.01. The minimum Gasteiger partial charge on any atom is -0.491 e. The molecule has 65 valence electrons. The minimum atomic E-state index is 0.242. The lowest BCUT2D eigenvalue weighted by Crippen LogP contribution is -2.07. The Morgan fingerprint density at radius 2 is 2.25 bits per heavy atom. The van der Waals surface area contributed by atoms with Gasteiger partial charge in [0.1, 0.15) is 5.75 Å². The molecule has 1 heteroatoms. The summed E-state index contributed by atoms with van der Waals surface area (Å²) in [5, 5.41) is 0. The van der Waals surface area contributed by atoms with E-state index in [2.05, 4.69) is 13.0 Å². The Morgan fingerprint density at radius 1 is 1.50 bits per heavy atom. The molecule has 0 amide bonds. The highest BCUT2D eigenvalue weighted by atomic mass is 16.5. The standard InChI is InChI=1S/C11H15O/c1-4-10-7-5-6-8-11(10)12-9(2)3/h5-6,8-9H,4H2,1-3H3. The average molecular weight is 163 g/mol. The molecule has 1 aromatic carbocycles. The summed E-state index contributed by atoms with van der Waals surface area (Å²) >= 11 is 0. The van der Waals surface area contributed by atoms with Crippen molar-refractivity contribution in [3.05, 3.63) is 29.8 Å². The molecule has 0 bridgehead atoms. The lowest BCUT2D eigenvalue weighted by molar-refractivity contribution is 0.240. The fourth-order valence-electron chi connectivity index (χ4n) is 1.10. The van der Waals surface area contributed by atoms with Gasteiger partial charge in [-0.1, -0.05) is 19.1 Å². The molecule has 0 N–H and O–H groups in total. The summed E-state index contributed by atoms with van der Waals surface area (Å²) in [7, 11) is 0. The van der Waals surface area contributed by atoms with E-state index in [1.54, 1.807) is 0 Å². The second kappa shape index (κ2) is 4.15. The van der Waals surface area contributed by atoms with Crippen LogP contribution in [0.1, 0.15) is 26.3 Å². The number of rotatable bonds is 3. The van der Waals surface area contributed by atoms with Gasteiger partial charge in [-0.2, -0.15) is 0 Å². The van der Waals surface area contributed by atoms with Crippen molar-refractivity contribution >= 4 is 0 Å². The van der Waals surface area contributed by atoms with Crippen LogP contribution in [0, 0.1) is 6.07 Å². The van der Waals surface area contributed by atoms with E-state index < -0.39 is 0 Å². The van der Waals surface area contributed by atoms with Gasteiger partial charge in [-0.05, 0) is 32.4 Å². The minimum absolute atomic E-state index is 0.242. The zero-order valence-corrected chi connectivity index (χ0v) is 7.92. The van der Waals surface area contributed by atoms with E-state index in [4.69, 9.17) is 4.74 Å². The number of hydrogen-bond donors (Lipinski definition) is 0. The molecule has 0 saturated carbocycles. The van der Waals surface area contributed by atoms with E-state index in [0.717, 1.165) is 17.7 Å². The van der Waals surface area contributed by atoms with Gasteiger partial charge in [0, 0.05) is 5.56 Å². The van der Waals surface area contributed by atoms with Crippen LogP contribution in [-0.4, -0.2) is 6.10 Å². The molecular weight excluding hydrogens is 148 g/mol. The quantitative estimate of drug-likeness (QED) is 0.665. The molecule has 0 aliphatic rings. The molecule has 1 aromatic rings. The van der Waals surface area contributed by atoms with Crippen molar-refractivity contribution in [2.75, 3.05) is 0 Å². The molecule has 1 radical (unpaired) electrons. The van der Waals surface area contributed by atoms with Crippen LogP contribution in [0.5, 0.6) is 5.75 Å². The first-order chi connectivity index (χ1) is 5.74. The Kier molecular flexibility index (Phi) is 3.15. The summed E-state index contributed by atoms with van der Waals surface area (Å²) in [6, 6.07) is 9.04. The maximum Gasteiger partial charge on any atom is 0.123 e. The van der Waals surface area contributed by atoms with Crippen molar-refractivity contribution in [2.24, 2.45) is 0 Å². The van der Waals surface area contributed by atoms with Crippen molar-refractivity contribution in [1.82, 2.24) is 0 Å². The summed E-state index contributed by atoms with van der Waals surface area (Å²) in [4.78, 5) is 0. The van der Waals surface area contributed by atoms with Crippen LogP contribution < -0.4 is 4.74 Å². The lowest BCUT2D eigenvalue weighted by Gasteiger charge is -2.12. The largest absolute Gasteiger partial charge is 0.491 e. The van der Waals surface area contributed by atoms with Crippen LogP contribution in [0.2, 0.25) is 0 Å². The molecule has 0 fully saturated rings. The monoisotopic (exact) mass is 163 g/mol. The van der Waals surface area contributed by atoms with E-state index in [9.17, 15) is 0 Å². The third-order valence-corrected chi connectivity index (χ3v) is 1.62. The van der Waals surface area contributed by atoms with E-state index in [0.29, 0.717) is 0 Å². The van der Waals surface area contributed by atoms with Crippen LogP contribution in [0.4, 0.5) is 0 Å². The highest BCUT2D eigenvalue weighted by molar-refractivity contribution is 5.32. The van der Waals surface area contributed by atoms with Gasteiger partial charge in [-0.3, -0.25) is 0 Å². The zero-order valence-electron chi connectivity index (χ0n) is 7.92. The summed E-state index contributed by atoms with van der Waals surface area (Å²) in [6.45, 7) is 6.18. The normalized spacial score (nSPS) is 10.3. The molecule has 0 heterocycles. The van der Waals surface area contributed by atoms with Crippen molar-refractivity contribution in [2.45, 2.75) is 33.3 Å². The van der Waals surface area contributed by atoms with Gasteiger partial charge in [-0.25, -0.2) is 0 Å². The van der Waals surface area contributed by atoms with E-state index >= 15 is 0 Å². The van der Waals surface area contributed by atoms with Crippen LogP contribution >= 0.6 is 0 Å². The summed E-state index contributed by atoms with van der Waals surface area (Å²) < 4.78 is 5.60. The van der Waals surface area contributed by atoms with E-state index in [1.165, 1.54) is 0 Å². The molecule has 0 atom stereocenters. The Bertz CT molecular complexity index is 241. The molecule has 0 saturated heterocycles. The molecule has 0 aromatic heterocycles. The molecule has 1 rings (SSSR count). The molecule has 12 heavy (non-hydrogen) atoms. The molecule has 0 aliphatic heterocycles. The van der Waals surface area contributed by atoms with E-state index in [1.807, 2.05) is 32.0 Å². The molecule has 1 nitrogen and oxygen atoms in total. The number of aryl methyl sites for hydroxylation is 1. The third-order valence-electron chi connectivity index (χ3n) is 1.62. The van der Waals surface area contributed by atoms with Gasteiger partial charge in [0.15, 0.2) is 0 Å². The van der Waals surface area contributed by atoms with Gasteiger partial charge in [0.05, 0.1) is 6.10 Å². The fourth-order valence-corrected chi connectivity index (χ4v) is 1.10. The van der Waals surface area contributed by atoms with Gasteiger partial charge in [0.25, 0.3) is 0 Å². The Labute approximate surface area is 74.4 Å². The molecular formula is C11H15O. The average Bonchev–Trinajstić information content (AvgIpc) is 2.04. The number of benzene rings is 1. The second-order valence-corrected chi connectivity index (χ2v) is 3.03. The van der Waals surface area contributed by atoms with Crippen molar-refractivity contribution < 1.29 is 4.74 Å². The lowest BCUT2D eigenvalue weighted by atomic mass is 10.1. The predicted octanol–water partition coefficient (Wildman–Crippen LogP) is 2.84. The first-order valence-electron chi connectivity index (χ1n) is 4.40. The maximum absolute atomic E-state index is 5.60. The van der Waals surface area contributed by atoms with E-state index in [-0.39, 0.29) is 6.10 Å². The van der Waals surface area contributed by atoms with Crippen LogP contribution in [-0.2, 0) is 6.42 Å². The van der Waals surface area contributed by atoms with Crippen molar-refractivity contribution in [3.8, 4) is 5.75 Å². The molecule has 0 spiro atoms. The predicted molar refractivity (Wildman–Crippen MR) is 50.4 cm³/mol. The Morgan fingerprint density at radius 3 is 2.83 bits per heavy atom. The van der Waals surface area contributed by atoms with Crippen LogP contribution in [0.15, 0.2) is 18.2 Å². The Hall–Kier alpha value is -0.980. The molecule has 0 aliphatic carbocycles. The van der Waals surface area contributed by atoms with Crippen molar-refractivity contribution in [1.29, 1.82) is 0 Å². The molecule has 0 unspecified atom stereocenters. The smallest absolute Gasteiger partial charge is 0.123 e. The first kappa shape index (κ1) is 9.11. The summed E-state index contributed by atoms with van der Waals surface area (Å²) in [5.41, 5.74) is 1.16. The summed E-state index contributed by atoms with van der Waals surface area (Å²) in [5.74, 6) is 0.968. The topological polar surface area (TPSA) is 9.23 Å². The number of ether oxygens (including phenoxy) is 1. The van der Waals surface area contributed by atoms with Gasteiger partial charge in [0.2, 0.25) is 0 Å². The van der Waals surface area contributed by atoms with Crippen LogP contribution in [0.3, 0.4) is 0 Å². The van der Waals surface area contributed by atoms with Gasteiger partial charge in [-0.15, -0.1) is 0 Å². The number of hydrogen-bond acceptors (Lipinski definition) is 1. The first-order valence-corrected chi connectivity index (χ1v) is 4.40. The van der Waals surface area contributed by atoms with Gasteiger partial charge < -0.3 is 4.74 Å². The highest BCUT2D eigenvalue weighted by Crippen LogP contribution is 2.18. The Balaban J connectivity index is 2.82. The maximum atomic E-state index is 5.60. The third kappa shape index (κ3) is 2.26. The second-order valence-electron chi connectivity index (χ2n) is 3.03. The van der Waals surface area contributed by atoms with Gasteiger partial charge >= 0.3 is 0 Å². The SMILES string of the molecule is CCc1[c]cccc1OC(C)C. The summed E-state index contributed by atoms with van der Waals surface area (Å²) in [6.07, 6.45) is 1.22.